The van der Waals surface area contributed by atoms with Gasteiger partial charge in [0.25, 0.3) is 0 Å². The average Bonchev–Trinajstić information content (AvgIpc) is 1.89. The smallest absolute Gasteiger partial charge is 0.211 e. The first-order valence-electron chi connectivity index (χ1n) is 3.13. The molecule has 0 aliphatic heterocycles. The second kappa shape index (κ2) is 7.12. The predicted molar refractivity (Wildman–Crippen MR) is 36.8 cm³/mol. The molecule has 0 N–H and O–H groups in total. The summed E-state index contributed by atoms with van der Waals surface area (Å²) >= 11 is 0. The van der Waals surface area contributed by atoms with Crippen LogP contribution < -0.4 is 0 Å². The van der Waals surface area contributed by atoms with Gasteiger partial charge in [0.05, 0.1) is 0 Å². The molecule has 0 aromatic heterocycles. The van der Waals surface area contributed by atoms with Gasteiger partial charge in [-0.05, 0) is 6.42 Å². The predicted octanol–water partition coefficient (Wildman–Crippen LogP) is 2.03. The van der Waals surface area contributed by atoms with Crippen molar-refractivity contribution in [2.45, 2.75) is 26.2 Å². The summed E-state index contributed by atoms with van der Waals surface area (Å²) in [6.07, 6.45) is 8.13. The summed E-state index contributed by atoms with van der Waals surface area (Å²) in [5.41, 5.74) is 0. The summed E-state index contributed by atoms with van der Waals surface area (Å²) in [6.45, 7) is 2.12. The SMILES string of the molecule is CCCC/C=C/N=C=O. The normalized spacial score (nSPS) is 9.44. The Morgan fingerprint density at radius 2 is 2.44 bits per heavy atom. The summed E-state index contributed by atoms with van der Waals surface area (Å²) in [7, 11) is 0. The van der Waals surface area contributed by atoms with Gasteiger partial charge in [0.15, 0.2) is 0 Å². The van der Waals surface area contributed by atoms with Crippen molar-refractivity contribution in [2.24, 2.45) is 4.99 Å². The molecule has 0 radical (unpaired) electrons. The largest absolute Gasteiger partial charge is 0.239 e. The first-order valence-corrected chi connectivity index (χ1v) is 3.13. The number of aliphatic imine (C=N–C) groups is 1. The van der Waals surface area contributed by atoms with E-state index >= 15 is 0 Å². The number of nitrogens with zero attached hydrogens (tertiary/aromatic N) is 1. The van der Waals surface area contributed by atoms with Crippen molar-refractivity contribution in [3.63, 3.8) is 0 Å². The van der Waals surface area contributed by atoms with Gasteiger partial charge in [0, 0.05) is 6.20 Å². The maximum Gasteiger partial charge on any atom is 0.239 e. The average molecular weight is 125 g/mol. The summed E-state index contributed by atoms with van der Waals surface area (Å²) in [6, 6.07) is 0. The van der Waals surface area contributed by atoms with Crippen molar-refractivity contribution in [2.75, 3.05) is 0 Å². The molecule has 0 rings (SSSR count). The summed E-state index contributed by atoms with van der Waals surface area (Å²) in [4.78, 5) is 12.8. The molecule has 0 heterocycles. The molecule has 0 aliphatic carbocycles. The van der Waals surface area contributed by atoms with Gasteiger partial charge < -0.3 is 0 Å². The minimum atomic E-state index is 1.00. The Morgan fingerprint density at radius 1 is 1.67 bits per heavy atom. The van der Waals surface area contributed by atoms with Crippen molar-refractivity contribution in [3.05, 3.63) is 12.3 Å². The number of isocyanates is 1. The van der Waals surface area contributed by atoms with Crippen LogP contribution in [0.15, 0.2) is 17.3 Å². The molecule has 2 heteroatoms. The summed E-state index contributed by atoms with van der Waals surface area (Å²) in [5, 5.41) is 0. The van der Waals surface area contributed by atoms with E-state index in [1.54, 1.807) is 0 Å². The van der Waals surface area contributed by atoms with Crippen LogP contribution in [0, 0.1) is 0 Å². The number of carbonyl (C=O) groups excluding carboxylic acids is 1. The van der Waals surface area contributed by atoms with E-state index in [0.29, 0.717) is 0 Å². The number of hydrogen-bond acceptors (Lipinski definition) is 2. The lowest BCUT2D eigenvalue weighted by molar-refractivity contribution is 0.565. The molecule has 0 unspecified atom stereocenters. The van der Waals surface area contributed by atoms with Crippen molar-refractivity contribution in [1.82, 2.24) is 0 Å². The Morgan fingerprint density at radius 3 is 3.00 bits per heavy atom. The summed E-state index contributed by atoms with van der Waals surface area (Å²) < 4.78 is 0. The van der Waals surface area contributed by atoms with Gasteiger partial charge in [-0.3, -0.25) is 0 Å². The van der Waals surface area contributed by atoms with Crippen LogP contribution in [-0.2, 0) is 4.79 Å². The lowest BCUT2D eigenvalue weighted by Crippen LogP contribution is -1.64. The third-order valence-electron chi connectivity index (χ3n) is 0.957. The summed E-state index contributed by atoms with van der Waals surface area (Å²) in [5.74, 6) is 0. The van der Waals surface area contributed by atoms with E-state index in [1.165, 1.54) is 18.7 Å². The minimum absolute atomic E-state index is 1.00. The number of hydrogen-bond donors (Lipinski definition) is 0. The van der Waals surface area contributed by atoms with Crippen LogP contribution in [0.5, 0.6) is 0 Å². The van der Waals surface area contributed by atoms with E-state index in [1.807, 2.05) is 6.08 Å². The Hall–Kier alpha value is -0.880. The van der Waals surface area contributed by atoms with Gasteiger partial charge in [-0.1, -0.05) is 25.8 Å². The number of rotatable bonds is 4. The highest BCUT2D eigenvalue weighted by atomic mass is 16.1. The van der Waals surface area contributed by atoms with E-state index in [-0.39, 0.29) is 0 Å². The molecule has 0 saturated carbocycles. The molecule has 0 amide bonds. The molecule has 0 aliphatic rings. The van der Waals surface area contributed by atoms with Gasteiger partial charge in [0.2, 0.25) is 6.08 Å². The number of unbranched alkanes of at least 4 members (excludes halogenated alkanes) is 2. The van der Waals surface area contributed by atoms with Gasteiger partial charge in [0.1, 0.15) is 0 Å². The zero-order valence-corrected chi connectivity index (χ0v) is 5.63. The Kier molecular flexibility index (Phi) is 6.42. The third-order valence-corrected chi connectivity index (χ3v) is 0.957. The first kappa shape index (κ1) is 8.12. The number of allylic oxidation sites excluding steroid dienone is 1. The maximum absolute atomic E-state index is 9.49. The van der Waals surface area contributed by atoms with Crippen LogP contribution in [0.1, 0.15) is 26.2 Å². The zero-order valence-electron chi connectivity index (χ0n) is 5.63. The van der Waals surface area contributed by atoms with E-state index in [2.05, 4.69) is 11.9 Å². The van der Waals surface area contributed by atoms with Crippen molar-refractivity contribution in [3.8, 4) is 0 Å². The lowest BCUT2D eigenvalue weighted by Gasteiger charge is -1.83. The third kappa shape index (κ3) is 7.12. The van der Waals surface area contributed by atoms with Crippen LogP contribution >= 0.6 is 0 Å². The molecule has 0 fully saturated rings. The molecule has 0 aromatic carbocycles. The molecule has 0 aromatic rings. The molecular weight excluding hydrogens is 114 g/mol. The molecule has 9 heavy (non-hydrogen) atoms. The monoisotopic (exact) mass is 125 g/mol. The van der Waals surface area contributed by atoms with Crippen LogP contribution in [0.3, 0.4) is 0 Å². The highest BCUT2D eigenvalue weighted by Gasteiger charge is 1.74. The van der Waals surface area contributed by atoms with Gasteiger partial charge in [-0.25, -0.2) is 4.79 Å². The van der Waals surface area contributed by atoms with Crippen molar-refractivity contribution < 1.29 is 4.79 Å². The van der Waals surface area contributed by atoms with E-state index in [4.69, 9.17) is 0 Å². The fourth-order valence-corrected chi connectivity index (χ4v) is 0.480. The first-order chi connectivity index (χ1) is 4.41. The zero-order chi connectivity index (χ0) is 6.95. The lowest BCUT2D eigenvalue weighted by atomic mass is 10.2. The molecule has 0 saturated heterocycles. The maximum atomic E-state index is 9.49. The van der Waals surface area contributed by atoms with Gasteiger partial charge in [-0.15, -0.1) is 0 Å². The molecule has 50 valence electrons. The van der Waals surface area contributed by atoms with Crippen LogP contribution in [0.2, 0.25) is 0 Å². The van der Waals surface area contributed by atoms with Crippen LogP contribution in [-0.4, -0.2) is 6.08 Å². The van der Waals surface area contributed by atoms with Crippen molar-refractivity contribution >= 4 is 6.08 Å². The fourth-order valence-electron chi connectivity index (χ4n) is 0.480. The van der Waals surface area contributed by atoms with Gasteiger partial charge in [-0.2, -0.15) is 4.99 Å². The quantitative estimate of drug-likeness (QED) is 0.321. The Labute approximate surface area is 55.3 Å². The van der Waals surface area contributed by atoms with Gasteiger partial charge >= 0.3 is 0 Å². The molecule has 0 spiro atoms. The molecule has 2 nitrogen and oxygen atoms in total. The Bertz CT molecular complexity index is 123. The second-order valence-corrected chi connectivity index (χ2v) is 1.75. The topological polar surface area (TPSA) is 29.4 Å². The second-order valence-electron chi connectivity index (χ2n) is 1.75. The Balaban J connectivity index is 3.14. The molecule has 0 bridgehead atoms. The van der Waals surface area contributed by atoms with E-state index < -0.39 is 0 Å². The molecule has 0 atom stereocenters. The van der Waals surface area contributed by atoms with Crippen molar-refractivity contribution in [1.29, 1.82) is 0 Å². The van der Waals surface area contributed by atoms with Crippen LogP contribution in [0.25, 0.3) is 0 Å². The van der Waals surface area contributed by atoms with Crippen LogP contribution in [0.4, 0.5) is 0 Å². The van der Waals surface area contributed by atoms with E-state index in [0.717, 1.165) is 12.8 Å². The van der Waals surface area contributed by atoms with E-state index in [9.17, 15) is 4.79 Å². The molecular formula is C7H11NO. The fraction of sp³-hybridized carbons (Fsp3) is 0.571. The minimum Gasteiger partial charge on any atom is -0.211 e. The highest BCUT2D eigenvalue weighted by molar-refractivity contribution is 5.34. The standard InChI is InChI=1S/C7H11NO/c1-2-3-4-5-6-8-7-9/h5-6H,2-4H2,1H3/b6-5+. The highest BCUT2D eigenvalue weighted by Crippen LogP contribution is 1.93.